The van der Waals surface area contributed by atoms with E-state index in [1.54, 1.807) is 29.2 Å². The average Bonchev–Trinajstić information content (AvgIpc) is 2.74. The van der Waals surface area contributed by atoms with Gasteiger partial charge >= 0.3 is 0 Å². The van der Waals surface area contributed by atoms with Gasteiger partial charge in [0.25, 0.3) is 11.8 Å². The number of hydrogen-bond acceptors (Lipinski definition) is 3. The van der Waals surface area contributed by atoms with E-state index in [-0.39, 0.29) is 18.4 Å². The quantitative estimate of drug-likeness (QED) is 0.725. The Kier molecular flexibility index (Phi) is 5.47. The molecule has 0 aromatic heterocycles. The lowest BCUT2D eigenvalue weighted by Gasteiger charge is -2.37. The SMILES string of the molecule is O=C([C@@H]1CN(C(=O)c2ccc(Cl)c(Cl)c2)c2ccccc2O1)N1CCCCC1. The molecule has 7 heteroatoms. The standard InChI is InChI=1S/C21H20Cl2N2O3/c22-15-9-8-14(12-16(15)23)20(26)25-13-19(21(27)24-10-4-1-5-11-24)28-18-7-3-2-6-17(18)25/h2-3,6-9,12,19H,1,4-5,10-11,13H2/t19-/m0/s1. The van der Waals surface area contributed by atoms with Gasteiger partial charge in [-0.25, -0.2) is 0 Å². The van der Waals surface area contributed by atoms with E-state index in [0.29, 0.717) is 27.0 Å². The molecule has 0 bridgehead atoms. The Labute approximate surface area is 173 Å². The summed E-state index contributed by atoms with van der Waals surface area (Å²) in [5, 5.41) is 0.703. The molecule has 2 aromatic rings. The van der Waals surface area contributed by atoms with Gasteiger partial charge in [0.2, 0.25) is 0 Å². The highest BCUT2D eigenvalue weighted by Crippen LogP contribution is 2.35. The van der Waals surface area contributed by atoms with E-state index in [1.165, 1.54) is 0 Å². The van der Waals surface area contributed by atoms with Crippen molar-refractivity contribution in [2.24, 2.45) is 0 Å². The number of hydrogen-bond donors (Lipinski definition) is 0. The van der Waals surface area contributed by atoms with Crippen LogP contribution in [0.2, 0.25) is 10.0 Å². The zero-order chi connectivity index (χ0) is 19.7. The lowest BCUT2D eigenvalue weighted by molar-refractivity contribution is -0.139. The Balaban J connectivity index is 1.64. The molecule has 4 rings (SSSR count). The summed E-state index contributed by atoms with van der Waals surface area (Å²) in [6.07, 6.45) is 2.42. The van der Waals surface area contributed by atoms with Gasteiger partial charge in [0, 0.05) is 18.7 Å². The van der Waals surface area contributed by atoms with E-state index < -0.39 is 6.10 Å². The molecule has 0 N–H and O–H groups in total. The molecule has 0 radical (unpaired) electrons. The van der Waals surface area contributed by atoms with Gasteiger partial charge in [-0.2, -0.15) is 0 Å². The van der Waals surface area contributed by atoms with Crippen LogP contribution in [0.15, 0.2) is 42.5 Å². The Bertz CT molecular complexity index is 912. The van der Waals surface area contributed by atoms with E-state index in [1.807, 2.05) is 23.1 Å². The normalized spacial score (nSPS) is 19.0. The summed E-state index contributed by atoms with van der Waals surface area (Å²) < 4.78 is 5.97. The van der Waals surface area contributed by atoms with Crippen LogP contribution in [0.4, 0.5) is 5.69 Å². The van der Waals surface area contributed by atoms with Crippen LogP contribution >= 0.6 is 23.2 Å². The molecule has 0 aliphatic carbocycles. The molecule has 1 fully saturated rings. The third kappa shape index (κ3) is 3.69. The van der Waals surface area contributed by atoms with E-state index >= 15 is 0 Å². The van der Waals surface area contributed by atoms with Crippen LogP contribution in [0, 0.1) is 0 Å². The fourth-order valence-corrected chi connectivity index (χ4v) is 3.96. The summed E-state index contributed by atoms with van der Waals surface area (Å²) in [4.78, 5) is 29.6. The Hall–Kier alpha value is -2.24. The predicted molar refractivity (Wildman–Crippen MR) is 109 cm³/mol. The summed E-state index contributed by atoms with van der Waals surface area (Å²) >= 11 is 12.1. The molecule has 2 heterocycles. The third-order valence-electron chi connectivity index (χ3n) is 5.13. The van der Waals surface area contributed by atoms with Crippen molar-refractivity contribution in [2.75, 3.05) is 24.5 Å². The number of halogens is 2. The number of carbonyl (C=O) groups excluding carboxylic acids is 2. The smallest absolute Gasteiger partial charge is 0.265 e. The predicted octanol–water partition coefficient (Wildman–Crippen LogP) is 4.41. The highest BCUT2D eigenvalue weighted by Gasteiger charge is 2.36. The zero-order valence-corrected chi connectivity index (χ0v) is 16.7. The first-order chi connectivity index (χ1) is 13.5. The molecular weight excluding hydrogens is 399 g/mol. The minimum atomic E-state index is -0.722. The number of ether oxygens (including phenoxy) is 1. The summed E-state index contributed by atoms with van der Waals surface area (Å²) in [7, 11) is 0. The van der Waals surface area contributed by atoms with Crippen LogP contribution < -0.4 is 9.64 Å². The maximum atomic E-state index is 13.2. The van der Waals surface area contributed by atoms with Gasteiger partial charge in [0.15, 0.2) is 6.10 Å². The minimum Gasteiger partial charge on any atom is -0.476 e. The molecular formula is C21H20Cl2N2O3. The van der Waals surface area contributed by atoms with Crippen molar-refractivity contribution in [3.8, 4) is 5.75 Å². The number of likely N-dealkylation sites (tertiary alicyclic amines) is 1. The maximum absolute atomic E-state index is 13.2. The van der Waals surface area contributed by atoms with Crippen LogP contribution in [0.5, 0.6) is 5.75 Å². The molecule has 0 spiro atoms. The monoisotopic (exact) mass is 418 g/mol. The molecule has 2 aliphatic rings. The van der Waals surface area contributed by atoms with Gasteiger partial charge in [-0.15, -0.1) is 0 Å². The van der Waals surface area contributed by atoms with Crippen LogP contribution in [0.3, 0.4) is 0 Å². The summed E-state index contributed by atoms with van der Waals surface area (Å²) in [5.41, 5.74) is 1.05. The second kappa shape index (κ2) is 8.02. The van der Waals surface area contributed by atoms with E-state index in [2.05, 4.69) is 0 Å². The number of nitrogens with zero attached hydrogens (tertiary/aromatic N) is 2. The second-order valence-corrected chi connectivity index (χ2v) is 7.82. The summed E-state index contributed by atoms with van der Waals surface area (Å²) in [6.45, 7) is 1.63. The minimum absolute atomic E-state index is 0.0684. The highest BCUT2D eigenvalue weighted by molar-refractivity contribution is 6.42. The number of benzene rings is 2. The molecule has 1 atom stereocenters. The molecule has 0 saturated carbocycles. The largest absolute Gasteiger partial charge is 0.476 e. The van der Waals surface area contributed by atoms with Gasteiger partial charge in [0.05, 0.1) is 22.3 Å². The number of carbonyl (C=O) groups is 2. The molecule has 1 saturated heterocycles. The highest BCUT2D eigenvalue weighted by atomic mass is 35.5. The second-order valence-electron chi connectivity index (χ2n) is 7.00. The number of fused-ring (bicyclic) bond motifs is 1. The van der Waals surface area contributed by atoms with E-state index in [9.17, 15) is 9.59 Å². The third-order valence-corrected chi connectivity index (χ3v) is 5.87. The van der Waals surface area contributed by atoms with Crippen molar-refractivity contribution >= 4 is 40.7 Å². The Morgan fingerprint density at radius 2 is 1.71 bits per heavy atom. The van der Waals surface area contributed by atoms with Crippen molar-refractivity contribution in [1.29, 1.82) is 0 Å². The molecule has 146 valence electrons. The first-order valence-corrected chi connectivity index (χ1v) is 10.1. The van der Waals surface area contributed by atoms with E-state index in [4.69, 9.17) is 27.9 Å². The molecule has 0 unspecified atom stereocenters. The van der Waals surface area contributed by atoms with Crippen molar-refractivity contribution < 1.29 is 14.3 Å². The number of para-hydroxylation sites is 2. The van der Waals surface area contributed by atoms with Crippen molar-refractivity contribution in [2.45, 2.75) is 25.4 Å². The number of piperidine rings is 1. The lowest BCUT2D eigenvalue weighted by atomic mass is 10.1. The number of amides is 2. The summed E-state index contributed by atoms with van der Waals surface area (Å²) in [5.74, 6) is 0.212. The van der Waals surface area contributed by atoms with Gasteiger partial charge in [-0.05, 0) is 49.6 Å². The average molecular weight is 419 g/mol. The van der Waals surface area contributed by atoms with Gasteiger partial charge in [0.1, 0.15) is 5.75 Å². The van der Waals surface area contributed by atoms with Crippen LogP contribution in [-0.4, -0.2) is 42.5 Å². The van der Waals surface area contributed by atoms with Crippen molar-refractivity contribution in [3.63, 3.8) is 0 Å². The Morgan fingerprint density at radius 1 is 0.964 bits per heavy atom. The topological polar surface area (TPSA) is 49.9 Å². The molecule has 5 nitrogen and oxygen atoms in total. The van der Waals surface area contributed by atoms with Crippen LogP contribution in [-0.2, 0) is 4.79 Å². The zero-order valence-electron chi connectivity index (χ0n) is 15.2. The maximum Gasteiger partial charge on any atom is 0.265 e. The van der Waals surface area contributed by atoms with Crippen molar-refractivity contribution in [1.82, 2.24) is 4.90 Å². The van der Waals surface area contributed by atoms with Gasteiger partial charge in [-0.3, -0.25) is 9.59 Å². The molecule has 2 amide bonds. The van der Waals surface area contributed by atoms with Crippen LogP contribution in [0.25, 0.3) is 0 Å². The van der Waals surface area contributed by atoms with Gasteiger partial charge in [-0.1, -0.05) is 35.3 Å². The first-order valence-electron chi connectivity index (χ1n) is 9.36. The van der Waals surface area contributed by atoms with Gasteiger partial charge < -0.3 is 14.5 Å². The first kappa shape index (κ1) is 19.1. The lowest BCUT2D eigenvalue weighted by Crippen LogP contribution is -2.52. The molecule has 28 heavy (non-hydrogen) atoms. The molecule has 2 aliphatic heterocycles. The summed E-state index contributed by atoms with van der Waals surface area (Å²) in [6, 6.07) is 12.0. The fraction of sp³-hybridized carbons (Fsp3) is 0.333. The Morgan fingerprint density at radius 3 is 2.46 bits per heavy atom. The van der Waals surface area contributed by atoms with E-state index in [0.717, 1.165) is 32.4 Å². The van der Waals surface area contributed by atoms with Crippen molar-refractivity contribution in [3.05, 3.63) is 58.1 Å². The number of rotatable bonds is 2. The van der Waals surface area contributed by atoms with Crippen LogP contribution in [0.1, 0.15) is 29.6 Å². The fourth-order valence-electron chi connectivity index (χ4n) is 3.66. The molecule has 2 aromatic carbocycles. The number of anilines is 1.